The number of aliphatic hydroxyl groups excluding tert-OH is 1. The Labute approximate surface area is 162 Å². The second kappa shape index (κ2) is 7.45. The maximum atomic E-state index is 12.8. The molecule has 1 aliphatic rings. The van der Waals surface area contributed by atoms with Gasteiger partial charge in [-0.05, 0) is 35.7 Å². The van der Waals surface area contributed by atoms with Crippen molar-refractivity contribution in [3.05, 3.63) is 70.4 Å². The molecule has 0 saturated carbocycles. The topological polar surface area (TPSA) is 77.8 Å². The van der Waals surface area contributed by atoms with Crippen LogP contribution in [0.1, 0.15) is 31.9 Å². The Morgan fingerprint density at radius 1 is 1.15 bits per heavy atom. The van der Waals surface area contributed by atoms with Gasteiger partial charge in [0.2, 0.25) is 0 Å². The molecule has 0 saturated heterocycles. The Morgan fingerprint density at radius 3 is 2.41 bits per heavy atom. The molecule has 1 atom stereocenters. The van der Waals surface area contributed by atoms with Gasteiger partial charge in [0.05, 0.1) is 16.6 Å². The Hall–Kier alpha value is -2.79. The van der Waals surface area contributed by atoms with Gasteiger partial charge in [-0.1, -0.05) is 49.7 Å². The molecule has 27 heavy (non-hydrogen) atoms. The van der Waals surface area contributed by atoms with Crippen molar-refractivity contribution in [2.24, 2.45) is 5.92 Å². The fourth-order valence-electron chi connectivity index (χ4n) is 3.23. The number of carbonyl (C=O) groups is 2. The zero-order chi connectivity index (χ0) is 19.7. The van der Waals surface area contributed by atoms with Gasteiger partial charge in [0.25, 0.3) is 5.91 Å². The predicted octanol–water partition coefficient (Wildman–Crippen LogP) is 4.56. The highest BCUT2D eigenvalue weighted by atomic mass is 35.5. The lowest BCUT2D eigenvalue weighted by molar-refractivity contribution is -0.118. The molecular weight excluding hydrogens is 366 g/mol. The number of aliphatic hydroxyl groups is 1. The van der Waals surface area contributed by atoms with Crippen molar-refractivity contribution < 1.29 is 19.8 Å². The van der Waals surface area contributed by atoms with Gasteiger partial charge in [0, 0.05) is 12.1 Å². The van der Waals surface area contributed by atoms with Crippen LogP contribution in [-0.2, 0) is 9.59 Å². The molecule has 0 fully saturated rings. The van der Waals surface area contributed by atoms with Crippen LogP contribution in [0.5, 0.6) is 5.75 Å². The zero-order valence-electron chi connectivity index (χ0n) is 15.0. The average Bonchev–Trinajstić information content (AvgIpc) is 2.89. The molecule has 1 amide bonds. The molecule has 0 bridgehead atoms. The number of aromatic hydroxyl groups is 1. The number of Topliss-reactive ketones (excluding diaryl/α,β-unsaturated/α-hetero) is 1. The third kappa shape index (κ3) is 3.55. The summed E-state index contributed by atoms with van der Waals surface area (Å²) in [5.74, 6) is -1.49. The van der Waals surface area contributed by atoms with Gasteiger partial charge in [-0.2, -0.15) is 0 Å². The van der Waals surface area contributed by atoms with Crippen LogP contribution in [0.3, 0.4) is 0 Å². The summed E-state index contributed by atoms with van der Waals surface area (Å²) in [5.41, 5.74) is 1.14. The third-order valence-corrected chi connectivity index (χ3v) is 4.73. The number of para-hydroxylation sites is 1. The smallest absolute Gasteiger partial charge is 0.294 e. The summed E-state index contributed by atoms with van der Waals surface area (Å²) < 4.78 is 0. The number of carbonyl (C=O) groups excluding carboxylic acids is 2. The van der Waals surface area contributed by atoms with Gasteiger partial charge in [-0.15, -0.1) is 0 Å². The van der Waals surface area contributed by atoms with E-state index in [1.54, 1.807) is 30.3 Å². The molecule has 140 valence electrons. The lowest BCUT2D eigenvalue weighted by Gasteiger charge is -2.27. The normalized spacial score (nSPS) is 17.1. The molecule has 2 N–H and O–H groups in total. The lowest BCUT2D eigenvalue weighted by Crippen LogP contribution is -2.31. The van der Waals surface area contributed by atoms with Gasteiger partial charge < -0.3 is 10.2 Å². The van der Waals surface area contributed by atoms with E-state index >= 15 is 0 Å². The van der Waals surface area contributed by atoms with Crippen molar-refractivity contribution in [3.8, 4) is 5.75 Å². The molecule has 2 aromatic carbocycles. The number of hydrogen-bond donors (Lipinski definition) is 2. The molecule has 2 aromatic rings. The Kier molecular flexibility index (Phi) is 5.24. The van der Waals surface area contributed by atoms with E-state index in [0.717, 1.165) is 0 Å². The quantitative estimate of drug-likeness (QED) is 0.790. The Balaban J connectivity index is 2.16. The van der Waals surface area contributed by atoms with Crippen LogP contribution in [0.4, 0.5) is 5.69 Å². The molecule has 6 heteroatoms. The highest BCUT2D eigenvalue weighted by molar-refractivity contribution is 6.32. The number of ketones is 1. The number of phenolic OH excluding ortho intramolecular Hbond substituents is 1. The largest absolute Gasteiger partial charge is 0.506 e. The van der Waals surface area contributed by atoms with Crippen LogP contribution in [0.25, 0.3) is 0 Å². The monoisotopic (exact) mass is 385 g/mol. The van der Waals surface area contributed by atoms with Crippen LogP contribution < -0.4 is 4.90 Å². The summed E-state index contributed by atoms with van der Waals surface area (Å²) in [4.78, 5) is 27.1. The van der Waals surface area contributed by atoms with E-state index in [4.69, 9.17) is 11.6 Å². The summed E-state index contributed by atoms with van der Waals surface area (Å²) in [7, 11) is 0. The van der Waals surface area contributed by atoms with Crippen LogP contribution in [0.15, 0.2) is 59.9 Å². The van der Waals surface area contributed by atoms with Crippen molar-refractivity contribution in [1.29, 1.82) is 0 Å². The predicted molar refractivity (Wildman–Crippen MR) is 104 cm³/mol. The van der Waals surface area contributed by atoms with Crippen LogP contribution in [-0.4, -0.2) is 21.9 Å². The van der Waals surface area contributed by atoms with Crippen molar-refractivity contribution >= 4 is 29.0 Å². The number of benzene rings is 2. The van der Waals surface area contributed by atoms with Crippen molar-refractivity contribution in [1.82, 2.24) is 0 Å². The Morgan fingerprint density at radius 2 is 1.81 bits per heavy atom. The fourth-order valence-corrected chi connectivity index (χ4v) is 3.42. The lowest BCUT2D eigenvalue weighted by atomic mass is 9.92. The second-order valence-electron chi connectivity index (χ2n) is 6.91. The molecule has 0 radical (unpaired) electrons. The van der Waals surface area contributed by atoms with E-state index in [1.807, 2.05) is 19.9 Å². The van der Waals surface area contributed by atoms with Gasteiger partial charge in [0.1, 0.15) is 5.75 Å². The molecule has 1 heterocycles. The van der Waals surface area contributed by atoms with Crippen LogP contribution in [0.2, 0.25) is 5.02 Å². The first-order chi connectivity index (χ1) is 12.8. The molecule has 1 aliphatic heterocycles. The molecule has 3 rings (SSSR count). The van der Waals surface area contributed by atoms with E-state index in [-0.39, 0.29) is 34.5 Å². The van der Waals surface area contributed by atoms with E-state index in [2.05, 4.69) is 0 Å². The van der Waals surface area contributed by atoms with Gasteiger partial charge in [-0.3, -0.25) is 14.5 Å². The molecule has 1 unspecified atom stereocenters. The second-order valence-corrected chi connectivity index (χ2v) is 7.31. The summed E-state index contributed by atoms with van der Waals surface area (Å²) in [5, 5.41) is 20.3. The van der Waals surface area contributed by atoms with Crippen LogP contribution >= 0.6 is 11.6 Å². The number of nitrogens with zero attached hydrogens (tertiary/aromatic N) is 1. The first-order valence-electron chi connectivity index (χ1n) is 8.64. The van der Waals surface area contributed by atoms with E-state index < -0.39 is 17.7 Å². The minimum Gasteiger partial charge on any atom is -0.506 e. The van der Waals surface area contributed by atoms with E-state index in [1.165, 1.54) is 17.0 Å². The SMILES string of the molecule is CC(C)CC(=O)C1=C(O)C(=O)N(c2ccccc2)C1c1ccc(O)c(Cl)c1. The van der Waals surface area contributed by atoms with Gasteiger partial charge >= 0.3 is 0 Å². The number of rotatable bonds is 5. The van der Waals surface area contributed by atoms with Gasteiger partial charge in [-0.25, -0.2) is 0 Å². The molecule has 0 spiro atoms. The van der Waals surface area contributed by atoms with Crippen molar-refractivity contribution in [3.63, 3.8) is 0 Å². The first-order valence-corrected chi connectivity index (χ1v) is 9.02. The molecule has 5 nitrogen and oxygen atoms in total. The third-order valence-electron chi connectivity index (χ3n) is 4.42. The fraction of sp³-hybridized carbons (Fsp3) is 0.238. The van der Waals surface area contributed by atoms with E-state index in [0.29, 0.717) is 11.3 Å². The summed E-state index contributed by atoms with van der Waals surface area (Å²) in [6, 6.07) is 12.5. The average molecular weight is 386 g/mol. The maximum Gasteiger partial charge on any atom is 0.294 e. The minimum atomic E-state index is -0.816. The van der Waals surface area contributed by atoms with Crippen LogP contribution in [0, 0.1) is 5.92 Å². The summed E-state index contributed by atoms with van der Waals surface area (Å²) in [6.07, 6.45) is 0.206. The zero-order valence-corrected chi connectivity index (χ0v) is 15.8. The minimum absolute atomic E-state index is 0.0549. The van der Waals surface area contributed by atoms with Crippen molar-refractivity contribution in [2.75, 3.05) is 4.90 Å². The Bertz CT molecular complexity index is 921. The van der Waals surface area contributed by atoms with E-state index in [9.17, 15) is 19.8 Å². The number of amides is 1. The summed E-state index contributed by atoms with van der Waals surface area (Å²) in [6.45, 7) is 3.79. The highest BCUT2D eigenvalue weighted by Crippen LogP contribution is 2.42. The molecule has 0 aliphatic carbocycles. The van der Waals surface area contributed by atoms with Gasteiger partial charge in [0.15, 0.2) is 11.5 Å². The number of halogens is 1. The first kappa shape index (κ1) is 19.0. The summed E-state index contributed by atoms with van der Waals surface area (Å²) >= 11 is 6.05. The highest BCUT2D eigenvalue weighted by Gasteiger charge is 2.44. The maximum absolute atomic E-state index is 12.8. The standard InChI is InChI=1S/C21H20ClNO4/c1-12(2)10-17(25)18-19(13-8-9-16(24)15(22)11-13)23(21(27)20(18)26)14-6-4-3-5-7-14/h3-9,11-12,19,24,26H,10H2,1-2H3. The number of anilines is 1. The van der Waals surface area contributed by atoms with Crippen molar-refractivity contribution in [2.45, 2.75) is 26.3 Å². The molecular formula is C21H20ClNO4. The molecule has 0 aromatic heterocycles. The number of phenols is 1. The number of hydrogen-bond acceptors (Lipinski definition) is 4.